The Hall–Kier alpha value is -1.54. The van der Waals surface area contributed by atoms with E-state index in [1.54, 1.807) is 0 Å². The van der Waals surface area contributed by atoms with Gasteiger partial charge in [0, 0.05) is 6.42 Å². The standard InChI is InChI=1S/C58H111N2O6P/c1-6-8-10-12-14-16-17-18-19-20-21-22-23-24-25-26-27-28-29-30-31-32-33-34-35-36-37-38-39-40-41-42-43-44-46-48-50-52-58(62)59-56(55-66-67(63,64)65-54-53-60(3,4)5)57(61)51-49-47-45-15-13-11-9-7-2/h8,10,14,16,18-19,21-22,56-57,61H,6-7,9,11-13,15,17,20,23-55H2,1-5H3,(H-,59,62,63,64)/p+1/b10-8-,16-14-,19-18-,22-21-. The molecule has 0 saturated carbocycles. The van der Waals surface area contributed by atoms with E-state index >= 15 is 0 Å². The number of allylic oxidation sites excluding steroid dienone is 8. The highest BCUT2D eigenvalue weighted by Gasteiger charge is 2.28. The molecule has 8 nitrogen and oxygen atoms in total. The van der Waals surface area contributed by atoms with Crippen LogP contribution in [0.25, 0.3) is 0 Å². The summed E-state index contributed by atoms with van der Waals surface area (Å²) >= 11 is 0. The van der Waals surface area contributed by atoms with Crippen LogP contribution in [0, 0.1) is 0 Å². The zero-order valence-corrected chi connectivity index (χ0v) is 45.8. The molecule has 9 heteroatoms. The summed E-state index contributed by atoms with van der Waals surface area (Å²) in [6.45, 7) is 4.75. The lowest BCUT2D eigenvalue weighted by molar-refractivity contribution is -0.870. The van der Waals surface area contributed by atoms with Gasteiger partial charge in [0.05, 0.1) is 39.9 Å². The van der Waals surface area contributed by atoms with Crippen LogP contribution in [0.3, 0.4) is 0 Å². The molecule has 0 aliphatic carbocycles. The van der Waals surface area contributed by atoms with Gasteiger partial charge >= 0.3 is 7.82 Å². The van der Waals surface area contributed by atoms with Gasteiger partial charge in [0.15, 0.2) is 0 Å². The summed E-state index contributed by atoms with van der Waals surface area (Å²) in [6, 6.07) is -0.756. The molecule has 3 N–H and O–H groups in total. The van der Waals surface area contributed by atoms with Crippen molar-refractivity contribution in [1.82, 2.24) is 5.32 Å². The fourth-order valence-electron chi connectivity index (χ4n) is 8.39. The zero-order valence-electron chi connectivity index (χ0n) is 44.9. The number of nitrogens with zero attached hydrogens (tertiary/aromatic N) is 1. The summed E-state index contributed by atoms with van der Waals surface area (Å²) in [6.07, 6.45) is 65.0. The van der Waals surface area contributed by atoms with Crippen LogP contribution in [-0.4, -0.2) is 73.4 Å². The average Bonchev–Trinajstić information content (AvgIpc) is 3.29. The number of likely N-dealkylation sites (N-methyl/N-ethyl adjacent to an activating group) is 1. The molecule has 0 radical (unpaired) electrons. The quantitative estimate of drug-likeness (QED) is 0.0243. The van der Waals surface area contributed by atoms with Gasteiger partial charge in [-0.05, 0) is 51.4 Å². The van der Waals surface area contributed by atoms with Crippen molar-refractivity contribution in [2.24, 2.45) is 0 Å². The van der Waals surface area contributed by atoms with Crippen LogP contribution >= 0.6 is 7.82 Å². The minimum absolute atomic E-state index is 0.0757. The van der Waals surface area contributed by atoms with E-state index in [1.165, 1.54) is 173 Å². The van der Waals surface area contributed by atoms with Gasteiger partial charge in [0.2, 0.25) is 5.91 Å². The number of carbonyl (C=O) groups is 1. The maximum atomic E-state index is 12.9. The van der Waals surface area contributed by atoms with E-state index in [0.29, 0.717) is 23.9 Å². The number of unbranched alkanes of at least 4 members (excludes halogenated alkanes) is 31. The highest BCUT2D eigenvalue weighted by atomic mass is 31.2. The number of phosphoric acid groups is 1. The van der Waals surface area contributed by atoms with Crippen LogP contribution in [0.5, 0.6) is 0 Å². The number of amides is 1. The Bertz CT molecular complexity index is 1230. The van der Waals surface area contributed by atoms with E-state index in [-0.39, 0.29) is 19.1 Å². The van der Waals surface area contributed by atoms with E-state index in [9.17, 15) is 19.4 Å². The third-order valence-corrected chi connectivity index (χ3v) is 13.8. The third kappa shape index (κ3) is 52.1. The number of aliphatic hydroxyl groups is 1. The normalized spacial score (nSPS) is 14.3. The van der Waals surface area contributed by atoms with Crippen molar-refractivity contribution >= 4 is 13.7 Å². The number of phosphoric ester groups is 1. The predicted octanol–water partition coefficient (Wildman–Crippen LogP) is 17.2. The van der Waals surface area contributed by atoms with Crippen molar-refractivity contribution in [3.8, 4) is 0 Å². The van der Waals surface area contributed by atoms with Gasteiger partial charge in [-0.3, -0.25) is 13.8 Å². The Morgan fingerprint density at radius 3 is 1.31 bits per heavy atom. The number of nitrogens with one attached hydrogen (secondary N) is 1. The van der Waals surface area contributed by atoms with Gasteiger partial charge in [-0.25, -0.2) is 4.57 Å². The topological polar surface area (TPSA) is 105 Å². The van der Waals surface area contributed by atoms with Gasteiger partial charge in [-0.15, -0.1) is 0 Å². The van der Waals surface area contributed by atoms with Crippen LogP contribution in [0.1, 0.15) is 264 Å². The molecule has 0 saturated heterocycles. The van der Waals surface area contributed by atoms with Crippen molar-refractivity contribution in [3.63, 3.8) is 0 Å². The molecular weight excluding hydrogens is 852 g/mol. The van der Waals surface area contributed by atoms with Gasteiger partial charge in [0.25, 0.3) is 0 Å². The summed E-state index contributed by atoms with van der Waals surface area (Å²) in [5.74, 6) is -0.144. The van der Waals surface area contributed by atoms with Crippen molar-refractivity contribution in [3.05, 3.63) is 48.6 Å². The molecular formula is C58H112N2O6P+. The molecule has 0 heterocycles. The molecule has 67 heavy (non-hydrogen) atoms. The largest absolute Gasteiger partial charge is 0.472 e. The smallest absolute Gasteiger partial charge is 0.391 e. The number of quaternary nitrogens is 1. The average molecular weight is 965 g/mol. The Kier molecular flexibility index (Phi) is 48.3. The van der Waals surface area contributed by atoms with Gasteiger partial charge in [-0.1, -0.05) is 255 Å². The third-order valence-electron chi connectivity index (χ3n) is 12.8. The minimum Gasteiger partial charge on any atom is -0.391 e. The molecule has 3 unspecified atom stereocenters. The molecule has 0 spiro atoms. The molecule has 0 aliphatic heterocycles. The maximum absolute atomic E-state index is 12.9. The van der Waals surface area contributed by atoms with Gasteiger partial charge in [0.1, 0.15) is 13.2 Å². The second-order valence-corrected chi connectivity index (χ2v) is 22.1. The molecule has 0 aromatic heterocycles. The minimum atomic E-state index is -4.31. The van der Waals surface area contributed by atoms with Crippen LogP contribution < -0.4 is 5.32 Å². The van der Waals surface area contributed by atoms with Crippen LogP contribution in [0.4, 0.5) is 0 Å². The number of aliphatic hydroxyl groups excluding tert-OH is 1. The van der Waals surface area contributed by atoms with Crippen molar-refractivity contribution in [1.29, 1.82) is 0 Å². The zero-order chi connectivity index (χ0) is 49.2. The molecule has 0 aromatic rings. The lowest BCUT2D eigenvalue weighted by Crippen LogP contribution is -2.46. The van der Waals surface area contributed by atoms with Crippen LogP contribution in [-0.2, 0) is 18.4 Å². The molecule has 0 rings (SSSR count). The SMILES string of the molecule is CC/C=C\C/C=C\C/C=C\C/C=C\CCCCCCCCCCCCCCCCCCCCCCCCCCC(=O)NC(COP(=O)(O)OCC[N+](C)(C)C)C(O)CCCCCCCCCC. The first-order valence-electron chi connectivity index (χ1n) is 28.5. The molecule has 394 valence electrons. The fraction of sp³-hybridized carbons (Fsp3) is 0.845. The summed E-state index contributed by atoms with van der Waals surface area (Å²) < 4.78 is 23.6. The summed E-state index contributed by atoms with van der Waals surface area (Å²) in [4.78, 5) is 23.2. The number of hydrogen-bond donors (Lipinski definition) is 3. The summed E-state index contributed by atoms with van der Waals surface area (Å²) in [5, 5.41) is 13.9. The summed E-state index contributed by atoms with van der Waals surface area (Å²) in [7, 11) is 1.62. The maximum Gasteiger partial charge on any atom is 0.472 e. The monoisotopic (exact) mass is 964 g/mol. The number of rotatable bonds is 52. The Balaban J connectivity index is 3.79. The molecule has 0 bridgehead atoms. The van der Waals surface area contributed by atoms with Crippen LogP contribution in [0.15, 0.2) is 48.6 Å². The molecule has 0 aliphatic rings. The van der Waals surface area contributed by atoms with E-state index < -0.39 is 20.0 Å². The van der Waals surface area contributed by atoms with E-state index in [2.05, 4.69) is 67.8 Å². The summed E-state index contributed by atoms with van der Waals surface area (Å²) in [5.41, 5.74) is 0. The first-order valence-corrected chi connectivity index (χ1v) is 30.0. The Morgan fingerprint density at radius 1 is 0.522 bits per heavy atom. The van der Waals surface area contributed by atoms with Crippen molar-refractivity contribution in [2.45, 2.75) is 276 Å². The molecule has 3 atom stereocenters. The lowest BCUT2D eigenvalue weighted by atomic mass is 10.0. The first kappa shape index (κ1) is 65.5. The van der Waals surface area contributed by atoms with Crippen molar-refractivity contribution < 1.29 is 32.9 Å². The second-order valence-electron chi connectivity index (χ2n) is 20.6. The van der Waals surface area contributed by atoms with Gasteiger partial charge < -0.3 is 19.8 Å². The predicted molar refractivity (Wildman–Crippen MR) is 291 cm³/mol. The van der Waals surface area contributed by atoms with E-state index in [1.807, 2.05) is 21.1 Å². The Morgan fingerprint density at radius 2 is 0.896 bits per heavy atom. The molecule has 0 aromatic carbocycles. The fourth-order valence-corrected chi connectivity index (χ4v) is 9.13. The highest BCUT2D eigenvalue weighted by Crippen LogP contribution is 2.43. The second kappa shape index (κ2) is 49.4. The number of carbonyl (C=O) groups excluding carboxylic acids is 1. The first-order chi connectivity index (χ1) is 32.5. The number of hydrogen-bond acceptors (Lipinski definition) is 5. The van der Waals surface area contributed by atoms with E-state index in [0.717, 1.165) is 64.2 Å². The highest BCUT2D eigenvalue weighted by molar-refractivity contribution is 7.47. The van der Waals surface area contributed by atoms with Crippen molar-refractivity contribution in [2.75, 3.05) is 40.9 Å². The lowest BCUT2D eigenvalue weighted by Gasteiger charge is -2.26. The molecule has 1 amide bonds. The van der Waals surface area contributed by atoms with E-state index in [4.69, 9.17) is 9.05 Å². The molecule has 0 fully saturated rings. The van der Waals surface area contributed by atoms with Gasteiger partial charge in [-0.2, -0.15) is 0 Å². The van der Waals surface area contributed by atoms with Crippen LogP contribution in [0.2, 0.25) is 0 Å². The Labute approximate surface area is 416 Å².